The summed E-state index contributed by atoms with van der Waals surface area (Å²) in [7, 11) is 3.00. The summed E-state index contributed by atoms with van der Waals surface area (Å²) < 4.78 is 49.1. The van der Waals surface area contributed by atoms with E-state index in [1.54, 1.807) is 31.2 Å². The number of benzene rings is 2. The summed E-state index contributed by atoms with van der Waals surface area (Å²) in [5, 5.41) is 2.00. The van der Waals surface area contributed by atoms with Gasteiger partial charge in [0.2, 0.25) is 0 Å². The Bertz CT molecular complexity index is 879. The first-order valence-electron chi connectivity index (χ1n) is 7.74. The number of ether oxygens (including phenoxy) is 2. The number of hydrogen-bond acceptors (Lipinski definition) is 3. The van der Waals surface area contributed by atoms with Crippen LogP contribution in [0.2, 0.25) is 5.02 Å². The molecule has 0 spiro atoms. The molecule has 2 aromatic rings. The summed E-state index contributed by atoms with van der Waals surface area (Å²) in [6.07, 6.45) is -3.03. The second-order valence-corrected chi connectivity index (χ2v) is 6.00. The second-order valence-electron chi connectivity index (χ2n) is 5.59. The van der Waals surface area contributed by atoms with Gasteiger partial charge in [0.1, 0.15) is 0 Å². The van der Waals surface area contributed by atoms with Crippen LogP contribution in [0.3, 0.4) is 0 Å². The van der Waals surface area contributed by atoms with Crippen molar-refractivity contribution >= 4 is 29.3 Å². The number of halogens is 4. The van der Waals surface area contributed by atoms with Crippen molar-refractivity contribution in [2.75, 3.05) is 19.5 Å². The average Bonchev–Trinajstić information content (AvgIpc) is 2.62. The third-order valence-corrected chi connectivity index (χ3v) is 4.01. The minimum atomic E-state index is -4.61. The van der Waals surface area contributed by atoms with Crippen LogP contribution in [0.15, 0.2) is 42.0 Å². The van der Waals surface area contributed by atoms with Crippen LogP contribution < -0.4 is 14.8 Å². The highest BCUT2D eigenvalue weighted by atomic mass is 35.5. The van der Waals surface area contributed by atoms with Crippen molar-refractivity contribution in [2.24, 2.45) is 0 Å². The molecular formula is C19H17ClF3NO3. The zero-order valence-electron chi connectivity index (χ0n) is 14.8. The molecule has 0 aromatic heterocycles. The third-order valence-electron chi connectivity index (χ3n) is 3.68. The lowest BCUT2D eigenvalue weighted by molar-refractivity contribution is -0.137. The van der Waals surface area contributed by atoms with Crippen molar-refractivity contribution in [1.29, 1.82) is 0 Å². The first-order chi connectivity index (χ1) is 12.7. The fourth-order valence-electron chi connectivity index (χ4n) is 2.31. The normalized spacial score (nSPS) is 11.9. The standard InChI is InChI=1S/C19H17ClF3NO3/c1-11(8-12-4-7-16(26-2)17(9-12)27-3)18(25)24-13-5-6-15(20)14(10-13)19(21,22)23/h4-10H,1-3H3,(H,24,25)/b11-8+. The number of anilines is 1. The summed E-state index contributed by atoms with van der Waals surface area (Å²) >= 11 is 5.57. The van der Waals surface area contributed by atoms with Gasteiger partial charge in [0.25, 0.3) is 5.91 Å². The van der Waals surface area contributed by atoms with E-state index >= 15 is 0 Å². The van der Waals surface area contributed by atoms with Gasteiger partial charge < -0.3 is 14.8 Å². The number of carbonyl (C=O) groups excluding carboxylic acids is 1. The fourth-order valence-corrected chi connectivity index (χ4v) is 2.53. The van der Waals surface area contributed by atoms with E-state index in [1.165, 1.54) is 20.3 Å². The van der Waals surface area contributed by atoms with Gasteiger partial charge in [-0.15, -0.1) is 0 Å². The molecular weight excluding hydrogens is 383 g/mol. The average molecular weight is 400 g/mol. The van der Waals surface area contributed by atoms with Gasteiger partial charge in [0.15, 0.2) is 11.5 Å². The maximum Gasteiger partial charge on any atom is 0.417 e. The monoisotopic (exact) mass is 399 g/mol. The Kier molecular flexibility index (Phi) is 6.38. The predicted molar refractivity (Wildman–Crippen MR) is 98.3 cm³/mol. The lowest BCUT2D eigenvalue weighted by Gasteiger charge is -2.12. The number of alkyl halides is 3. The quantitative estimate of drug-likeness (QED) is 0.683. The van der Waals surface area contributed by atoms with Gasteiger partial charge in [-0.3, -0.25) is 4.79 Å². The van der Waals surface area contributed by atoms with Crippen LogP contribution in [-0.4, -0.2) is 20.1 Å². The van der Waals surface area contributed by atoms with Crippen LogP contribution in [0.25, 0.3) is 6.08 Å². The van der Waals surface area contributed by atoms with Crippen molar-refractivity contribution in [1.82, 2.24) is 0 Å². The molecule has 0 heterocycles. The summed E-state index contributed by atoms with van der Waals surface area (Å²) in [5.74, 6) is 0.491. The molecule has 4 nitrogen and oxygen atoms in total. The van der Waals surface area contributed by atoms with Crippen LogP contribution in [0.1, 0.15) is 18.1 Å². The molecule has 27 heavy (non-hydrogen) atoms. The highest BCUT2D eigenvalue weighted by molar-refractivity contribution is 6.31. The van der Waals surface area contributed by atoms with Gasteiger partial charge in [-0.2, -0.15) is 13.2 Å². The summed E-state index contributed by atoms with van der Waals surface area (Å²) in [4.78, 5) is 12.3. The molecule has 0 unspecified atom stereocenters. The predicted octanol–water partition coefficient (Wildman–Crippen LogP) is 5.42. The van der Waals surface area contributed by atoms with Crippen molar-refractivity contribution in [3.8, 4) is 11.5 Å². The number of rotatable bonds is 5. The van der Waals surface area contributed by atoms with Crippen LogP contribution >= 0.6 is 11.6 Å². The van der Waals surface area contributed by atoms with Crippen molar-refractivity contribution in [3.63, 3.8) is 0 Å². The number of methoxy groups -OCH3 is 2. The number of hydrogen-bond donors (Lipinski definition) is 1. The van der Waals surface area contributed by atoms with Crippen LogP contribution in [0.4, 0.5) is 18.9 Å². The lowest BCUT2D eigenvalue weighted by atomic mass is 10.1. The third kappa shape index (κ3) is 5.17. The van der Waals surface area contributed by atoms with Gasteiger partial charge in [-0.25, -0.2) is 0 Å². The molecule has 0 saturated carbocycles. The highest BCUT2D eigenvalue weighted by Crippen LogP contribution is 2.36. The number of nitrogens with one attached hydrogen (secondary N) is 1. The van der Waals surface area contributed by atoms with Crippen molar-refractivity contribution in [2.45, 2.75) is 13.1 Å². The smallest absolute Gasteiger partial charge is 0.417 e. The second kappa shape index (κ2) is 8.35. The molecule has 8 heteroatoms. The van der Waals surface area contributed by atoms with Crippen molar-refractivity contribution < 1.29 is 27.4 Å². The molecule has 1 amide bonds. The van der Waals surface area contributed by atoms with Crippen molar-refractivity contribution in [3.05, 3.63) is 58.1 Å². The maximum absolute atomic E-state index is 12.9. The Labute approximate surface area is 159 Å². The first-order valence-corrected chi connectivity index (χ1v) is 8.12. The van der Waals surface area contributed by atoms with E-state index in [0.717, 1.165) is 12.1 Å². The van der Waals surface area contributed by atoms with Gasteiger partial charge in [0, 0.05) is 11.3 Å². The molecule has 0 saturated heterocycles. The van der Waals surface area contributed by atoms with Gasteiger partial charge >= 0.3 is 6.18 Å². The Morgan fingerprint density at radius 3 is 2.33 bits per heavy atom. The molecule has 0 radical (unpaired) electrons. The largest absolute Gasteiger partial charge is 0.493 e. The van der Waals surface area contributed by atoms with E-state index in [1.807, 2.05) is 0 Å². The highest BCUT2D eigenvalue weighted by Gasteiger charge is 2.33. The molecule has 0 aliphatic heterocycles. The van der Waals surface area contributed by atoms with Gasteiger partial charge in [-0.05, 0) is 48.9 Å². The first kappa shape index (κ1) is 20.6. The van der Waals surface area contributed by atoms with E-state index < -0.39 is 22.7 Å². The van der Waals surface area contributed by atoms with Crippen LogP contribution in [0, 0.1) is 0 Å². The van der Waals surface area contributed by atoms with E-state index in [2.05, 4.69) is 5.32 Å². The van der Waals surface area contributed by atoms with E-state index in [0.29, 0.717) is 22.6 Å². The molecule has 1 N–H and O–H groups in total. The zero-order valence-corrected chi connectivity index (χ0v) is 15.5. The van der Waals surface area contributed by atoms with Gasteiger partial charge in [-0.1, -0.05) is 17.7 Å². The Hall–Kier alpha value is -2.67. The Morgan fingerprint density at radius 1 is 1.07 bits per heavy atom. The minimum absolute atomic E-state index is 0.00298. The van der Waals surface area contributed by atoms with Crippen LogP contribution in [-0.2, 0) is 11.0 Å². The summed E-state index contributed by atoms with van der Waals surface area (Å²) in [6, 6.07) is 8.28. The van der Waals surface area contributed by atoms with E-state index in [4.69, 9.17) is 21.1 Å². The molecule has 2 aromatic carbocycles. The van der Waals surface area contributed by atoms with E-state index in [-0.39, 0.29) is 5.69 Å². The SMILES string of the molecule is COc1ccc(/C=C(\C)C(=O)Nc2ccc(Cl)c(C(F)(F)F)c2)cc1OC. The van der Waals surface area contributed by atoms with Gasteiger partial charge in [0.05, 0.1) is 24.8 Å². The Balaban J connectivity index is 2.22. The number of carbonyl (C=O) groups is 1. The molecule has 0 atom stereocenters. The van der Waals surface area contributed by atoms with Crippen LogP contribution in [0.5, 0.6) is 11.5 Å². The molecule has 0 aliphatic carbocycles. The van der Waals surface area contributed by atoms with E-state index in [9.17, 15) is 18.0 Å². The lowest BCUT2D eigenvalue weighted by Crippen LogP contribution is -2.14. The molecule has 0 bridgehead atoms. The molecule has 0 aliphatic rings. The molecule has 0 fully saturated rings. The molecule has 144 valence electrons. The molecule has 2 rings (SSSR count). The fraction of sp³-hybridized carbons (Fsp3) is 0.211. The summed E-state index contributed by atoms with van der Waals surface area (Å²) in [6.45, 7) is 1.55. The Morgan fingerprint density at radius 2 is 1.74 bits per heavy atom. The topological polar surface area (TPSA) is 47.6 Å². The summed E-state index contributed by atoms with van der Waals surface area (Å²) in [5.41, 5.74) is -0.0432. The minimum Gasteiger partial charge on any atom is -0.493 e. The maximum atomic E-state index is 12.9. The zero-order chi connectivity index (χ0) is 20.2. The number of amides is 1.